The van der Waals surface area contributed by atoms with Crippen molar-refractivity contribution >= 4 is 11.8 Å². The van der Waals surface area contributed by atoms with Crippen LogP contribution in [0, 0.1) is 56.7 Å². The van der Waals surface area contributed by atoms with Crippen molar-refractivity contribution in [1.82, 2.24) is 0 Å². The van der Waals surface area contributed by atoms with Crippen molar-refractivity contribution in [3.8, 4) is 0 Å². The van der Waals surface area contributed by atoms with Crippen LogP contribution in [-0.2, 0) is 38.0 Å². The van der Waals surface area contributed by atoms with Crippen LogP contribution in [0.4, 0.5) is 0 Å². The number of aliphatic hydroxyl groups is 11. The maximum absolute atomic E-state index is 15.0. The Kier molecular flexibility index (Phi) is 13.9. The lowest BCUT2D eigenvalue weighted by atomic mass is 9.31. The van der Waals surface area contributed by atoms with Crippen LogP contribution in [0.5, 0.6) is 0 Å². The fourth-order valence-electron chi connectivity index (χ4n) is 15.5. The lowest BCUT2D eigenvalue weighted by Gasteiger charge is -2.73. The number of aliphatic hydroxyl groups excluding tert-OH is 11. The summed E-state index contributed by atoms with van der Waals surface area (Å²) in [7, 11) is 0. The molecule has 0 aromatic rings. The monoisotopic (exact) mass is 956 g/mol. The van der Waals surface area contributed by atoms with Gasteiger partial charge in [0.05, 0.1) is 36.9 Å². The zero-order valence-electron chi connectivity index (χ0n) is 39.7. The van der Waals surface area contributed by atoms with E-state index in [1.165, 1.54) is 6.92 Å². The van der Waals surface area contributed by atoms with Gasteiger partial charge >= 0.3 is 5.97 Å². The van der Waals surface area contributed by atoms with Crippen LogP contribution >= 0.6 is 0 Å². The van der Waals surface area contributed by atoms with Crippen molar-refractivity contribution in [3.63, 3.8) is 0 Å². The van der Waals surface area contributed by atoms with Gasteiger partial charge in [-0.05, 0) is 99.2 Å². The van der Waals surface area contributed by atoms with Gasteiger partial charge in [0.1, 0.15) is 72.9 Å². The van der Waals surface area contributed by atoms with E-state index in [0.717, 1.165) is 12.0 Å². The summed E-state index contributed by atoms with van der Waals surface area (Å²) in [6.07, 6.45) is -22.5. The Labute approximate surface area is 391 Å². The minimum atomic E-state index is -1.89. The van der Waals surface area contributed by atoms with Crippen LogP contribution in [0.3, 0.4) is 0 Å². The summed E-state index contributed by atoms with van der Waals surface area (Å²) < 4.78 is 34.6. The van der Waals surface area contributed by atoms with E-state index in [2.05, 4.69) is 27.4 Å². The molecule has 382 valence electrons. The Bertz CT molecular complexity index is 1870. The fourth-order valence-corrected chi connectivity index (χ4v) is 15.5. The van der Waals surface area contributed by atoms with Crippen LogP contribution in [0.15, 0.2) is 12.2 Å². The highest BCUT2D eigenvalue weighted by Gasteiger charge is 2.75. The number of hydrogen-bond acceptors (Lipinski definition) is 19. The molecule has 19 nitrogen and oxygen atoms in total. The average Bonchev–Trinajstić information content (AvgIpc) is 3.68. The molecule has 3 heterocycles. The Morgan fingerprint density at radius 1 is 0.731 bits per heavy atom. The molecule has 5 aliphatic carbocycles. The van der Waals surface area contributed by atoms with Crippen molar-refractivity contribution in [2.24, 2.45) is 56.7 Å². The largest absolute Gasteiger partial charge is 0.432 e. The van der Waals surface area contributed by atoms with Crippen molar-refractivity contribution in [2.45, 2.75) is 204 Å². The number of carbonyl (C=O) groups excluding carboxylic acids is 2. The average molecular weight is 957 g/mol. The third-order valence-electron chi connectivity index (χ3n) is 19.5. The van der Waals surface area contributed by atoms with E-state index >= 15 is 0 Å². The van der Waals surface area contributed by atoms with Crippen LogP contribution in [0.2, 0.25) is 0 Å². The van der Waals surface area contributed by atoms with Gasteiger partial charge in [0, 0.05) is 17.3 Å². The lowest BCUT2D eigenvalue weighted by molar-refractivity contribution is -0.361. The molecule has 0 unspecified atom stereocenters. The molecule has 3 aliphatic heterocycles. The summed E-state index contributed by atoms with van der Waals surface area (Å²) in [5, 5.41) is 121. The van der Waals surface area contributed by atoms with Crippen molar-refractivity contribution in [3.05, 3.63) is 12.2 Å². The van der Waals surface area contributed by atoms with E-state index in [4.69, 9.17) is 28.4 Å². The van der Waals surface area contributed by atoms with Gasteiger partial charge in [0.25, 0.3) is 0 Å². The SMILES string of the molecule is C=C(C)[C@@H]1CC[C@]2(C(=O)O[C@@H]3O[C@H](CO[C@@H]4O[C@H](CO)[C@@H](O[C@@H]5O[C@@H](C)[C@H](O)[C@@H](O)[C@H]5O)[C@H](O)[C@H]4O)[C@@H](O)[C@H](O)[C@H]3O)CC[C@]3(C)[C@H](C[C@@H](O)[C@@H]4[C@@]5(C)[C@H](O)CC(=O)C(C)(C)[C@@H]5CC[C@]43C)[C@@H]12. The van der Waals surface area contributed by atoms with E-state index in [1.54, 1.807) is 0 Å². The summed E-state index contributed by atoms with van der Waals surface area (Å²) in [6.45, 7) is 16.8. The first-order valence-electron chi connectivity index (χ1n) is 24.3. The van der Waals surface area contributed by atoms with Crippen molar-refractivity contribution in [1.29, 1.82) is 0 Å². The van der Waals surface area contributed by atoms with E-state index in [9.17, 15) is 65.8 Å². The Hall–Kier alpha value is -1.76. The molecule has 5 saturated carbocycles. The summed E-state index contributed by atoms with van der Waals surface area (Å²) in [6, 6.07) is 0. The van der Waals surface area contributed by atoms with Crippen LogP contribution in [0.25, 0.3) is 0 Å². The van der Waals surface area contributed by atoms with E-state index < -0.39 is 151 Å². The van der Waals surface area contributed by atoms with Crippen molar-refractivity contribution < 1.29 is 94.2 Å². The summed E-state index contributed by atoms with van der Waals surface area (Å²) in [5.41, 5.74) is -2.52. The minimum Gasteiger partial charge on any atom is -0.432 e. The molecule has 8 fully saturated rings. The standard InChI is InChI=1S/C48H76O19/c1-19(2)21-9-12-48(14-13-45(6)22(29(21)48)15-23(50)39-46(45,7)11-10-26-44(4,5)27(51)16-28(52)47(26,39)8)43(61)67-42-36(59)33(56)31(54)25(65-42)18-62-40-37(60)34(57)38(24(17-49)64-40)66-41-35(58)32(55)30(53)20(3)63-41/h20-26,28-42,49-50,52-60H,1,9-18H2,2-8H3/t20-,21-,22+,23+,24+,25+,26-,28+,29+,30-,31+,32+,33-,34+,35+,36+,37+,38+,39-,40+,41-,42-,45+,46+,47+,48-/m0/s1. The third kappa shape index (κ3) is 7.75. The number of hydrogen-bond donors (Lipinski definition) is 11. The molecular formula is C48H76O19. The first-order chi connectivity index (χ1) is 31.2. The maximum atomic E-state index is 15.0. The Balaban J connectivity index is 0.983. The van der Waals surface area contributed by atoms with Gasteiger partial charge in [-0.3, -0.25) is 9.59 Å². The van der Waals surface area contributed by atoms with Gasteiger partial charge in [-0.2, -0.15) is 0 Å². The van der Waals surface area contributed by atoms with Crippen molar-refractivity contribution in [2.75, 3.05) is 13.2 Å². The molecule has 0 aromatic carbocycles. The van der Waals surface area contributed by atoms with E-state index in [1.807, 2.05) is 20.8 Å². The third-order valence-corrected chi connectivity index (χ3v) is 19.5. The van der Waals surface area contributed by atoms with Gasteiger partial charge in [0.15, 0.2) is 12.6 Å². The van der Waals surface area contributed by atoms with E-state index in [0.29, 0.717) is 38.5 Å². The number of fused-ring (bicyclic) bond motifs is 7. The second-order valence-electron chi connectivity index (χ2n) is 23.0. The highest BCUT2D eigenvalue weighted by Crippen LogP contribution is 2.77. The molecule has 26 atom stereocenters. The number of esters is 1. The minimum absolute atomic E-state index is 0.0328. The zero-order chi connectivity index (χ0) is 49.2. The quantitative estimate of drug-likeness (QED) is 0.0993. The first-order valence-corrected chi connectivity index (χ1v) is 24.3. The molecule has 0 bridgehead atoms. The maximum Gasteiger partial charge on any atom is 0.314 e. The number of allylic oxidation sites excluding steroid dienone is 1. The van der Waals surface area contributed by atoms with Gasteiger partial charge in [-0.25, -0.2) is 0 Å². The molecule has 8 aliphatic rings. The Morgan fingerprint density at radius 2 is 1.36 bits per heavy atom. The predicted octanol–water partition coefficient (Wildman–Crippen LogP) is -0.826. The number of ketones is 1. The van der Waals surface area contributed by atoms with Gasteiger partial charge in [-0.1, -0.05) is 46.8 Å². The van der Waals surface area contributed by atoms with Crippen LogP contribution in [0.1, 0.15) is 99.8 Å². The predicted molar refractivity (Wildman–Crippen MR) is 230 cm³/mol. The highest BCUT2D eigenvalue weighted by atomic mass is 16.8. The van der Waals surface area contributed by atoms with Crippen LogP contribution < -0.4 is 0 Å². The number of Topliss-reactive ketones (excluding diaryl/α,β-unsaturated/α-hetero) is 1. The molecule has 0 amide bonds. The van der Waals surface area contributed by atoms with Crippen LogP contribution in [-0.4, -0.2) is 185 Å². The number of rotatable bonds is 9. The Morgan fingerprint density at radius 3 is 2.01 bits per heavy atom. The summed E-state index contributed by atoms with van der Waals surface area (Å²) in [4.78, 5) is 28.3. The second kappa shape index (κ2) is 18.1. The number of ether oxygens (including phenoxy) is 6. The molecule has 19 heteroatoms. The summed E-state index contributed by atoms with van der Waals surface area (Å²) >= 11 is 0. The highest BCUT2D eigenvalue weighted by molar-refractivity contribution is 5.86. The molecular weight excluding hydrogens is 881 g/mol. The zero-order valence-corrected chi connectivity index (χ0v) is 39.7. The molecule has 3 saturated heterocycles. The van der Waals surface area contributed by atoms with Gasteiger partial charge in [-0.15, -0.1) is 0 Å². The molecule has 0 radical (unpaired) electrons. The molecule has 0 aromatic heterocycles. The molecule has 11 N–H and O–H groups in total. The van der Waals surface area contributed by atoms with Gasteiger partial charge in [0.2, 0.25) is 6.29 Å². The molecule has 8 rings (SSSR count). The smallest absolute Gasteiger partial charge is 0.314 e. The fraction of sp³-hybridized carbons (Fsp3) is 0.917. The van der Waals surface area contributed by atoms with Gasteiger partial charge < -0.3 is 84.6 Å². The topological polar surface area (TPSA) is 312 Å². The molecule has 67 heavy (non-hydrogen) atoms. The second-order valence-corrected chi connectivity index (χ2v) is 23.0. The first kappa shape index (κ1) is 51.6. The molecule has 0 spiro atoms. The summed E-state index contributed by atoms with van der Waals surface area (Å²) in [5.74, 6) is -1.73. The lowest BCUT2D eigenvalue weighted by Crippen LogP contribution is -2.72. The number of carbonyl (C=O) groups is 2. The van der Waals surface area contributed by atoms with E-state index in [-0.39, 0.29) is 41.8 Å². The normalized spacial score (nSPS) is 55.1.